The lowest BCUT2D eigenvalue weighted by Crippen LogP contribution is -2.49. The lowest BCUT2D eigenvalue weighted by molar-refractivity contribution is -0.143. The molecule has 5 nitrogen and oxygen atoms in total. The van der Waals surface area contributed by atoms with Gasteiger partial charge in [-0.1, -0.05) is 6.92 Å². The third-order valence-corrected chi connectivity index (χ3v) is 3.95. The molecule has 2 aliphatic heterocycles. The summed E-state index contributed by atoms with van der Waals surface area (Å²) in [4.78, 5) is 14.1. The Morgan fingerprint density at radius 1 is 1.47 bits per heavy atom. The maximum Gasteiger partial charge on any atom is 0.226 e. The van der Waals surface area contributed by atoms with Gasteiger partial charge in [-0.05, 0) is 12.3 Å². The van der Waals surface area contributed by atoms with Crippen molar-refractivity contribution < 1.29 is 14.6 Å². The van der Waals surface area contributed by atoms with Gasteiger partial charge in [-0.3, -0.25) is 4.79 Å². The Labute approximate surface area is 102 Å². The number of β-amino-alcohol motifs (C(OH)–C–C–N with tert-alkyl or cyclic N) is 1. The fraction of sp³-hybridized carbons (Fsp3) is 0.917. The van der Waals surface area contributed by atoms with E-state index in [1.165, 1.54) is 0 Å². The number of likely N-dealkylation sites (N-methyl/N-ethyl adjacent to an activating group) is 1. The van der Waals surface area contributed by atoms with Crippen molar-refractivity contribution in [2.24, 2.45) is 11.8 Å². The number of ether oxygens (including phenoxy) is 1. The van der Waals surface area contributed by atoms with Gasteiger partial charge in [0, 0.05) is 39.3 Å². The second-order valence-corrected chi connectivity index (χ2v) is 5.19. The van der Waals surface area contributed by atoms with Crippen molar-refractivity contribution in [1.29, 1.82) is 0 Å². The van der Waals surface area contributed by atoms with E-state index in [0.29, 0.717) is 26.3 Å². The predicted octanol–water partition coefficient (Wildman–Crippen LogP) is -0.550. The summed E-state index contributed by atoms with van der Waals surface area (Å²) in [5.74, 6) is 0.459. The molecule has 2 N–H and O–H groups in total. The van der Waals surface area contributed by atoms with Gasteiger partial charge < -0.3 is 20.1 Å². The van der Waals surface area contributed by atoms with Crippen molar-refractivity contribution >= 4 is 5.91 Å². The number of aliphatic hydroxyl groups is 1. The molecule has 0 spiro atoms. The molecule has 0 aromatic rings. The number of amides is 1. The summed E-state index contributed by atoms with van der Waals surface area (Å²) < 4.78 is 5.36. The van der Waals surface area contributed by atoms with Crippen LogP contribution in [0.25, 0.3) is 0 Å². The summed E-state index contributed by atoms with van der Waals surface area (Å²) in [6.07, 6.45) is 0.347. The normalized spacial score (nSPS) is 38.1. The SMILES string of the molecule is CC1COCCC1C(=O)N(C)[C@H]1CNC[C@@H]1O. The number of carbonyl (C=O) groups is 1. The molecule has 1 amide bonds. The second kappa shape index (κ2) is 5.33. The van der Waals surface area contributed by atoms with Crippen LogP contribution in [0.2, 0.25) is 0 Å². The fourth-order valence-electron chi connectivity index (χ4n) is 2.72. The zero-order valence-corrected chi connectivity index (χ0v) is 10.6. The van der Waals surface area contributed by atoms with Gasteiger partial charge in [0.05, 0.1) is 12.1 Å². The Kier molecular flexibility index (Phi) is 4.01. The molecular formula is C12H22N2O3. The first-order chi connectivity index (χ1) is 8.11. The minimum absolute atomic E-state index is 0.0431. The summed E-state index contributed by atoms with van der Waals surface area (Å²) in [5.41, 5.74) is 0. The molecule has 2 aliphatic rings. The quantitative estimate of drug-likeness (QED) is 0.682. The predicted molar refractivity (Wildman–Crippen MR) is 63.5 cm³/mol. The number of nitrogens with zero attached hydrogens (tertiary/aromatic N) is 1. The topological polar surface area (TPSA) is 61.8 Å². The summed E-state index contributed by atoms with van der Waals surface area (Å²) in [7, 11) is 1.80. The van der Waals surface area contributed by atoms with Gasteiger partial charge in [0.25, 0.3) is 0 Å². The van der Waals surface area contributed by atoms with E-state index >= 15 is 0 Å². The van der Waals surface area contributed by atoms with E-state index in [9.17, 15) is 9.90 Å². The maximum atomic E-state index is 12.4. The van der Waals surface area contributed by atoms with Crippen molar-refractivity contribution in [3.63, 3.8) is 0 Å². The molecule has 98 valence electrons. The molecule has 5 heteroatoms. The van der Waals surface area contributed by atoms with Crippen LogP contribution in [0.1, 0.15) is 13.3 Å². The summed E-state index contributed by atoms with van der Waals surface area (Å²) in [5, 5.41) is 12.9. The molecule has 0 aliphatic carbocycles. The number of hydrogen-bond acceptors (Lipinski definition) is 4. The van der Waals surface area contributed by atoms with Crippen LogP contribution in [-0.4, -0.2) is 61.4 Å². The van der Waals surface area contributed by atoms with Gasteiger partial charge in [0.1, 0.15) is 0 Å². The molecule has 2 fully saturated rings. The van der Waals surface area contributed by atoms with Crippen LogP contribution in [0.3, 0.4) is 0 Å². The molecule has 0 saturated carbocycles. The van der Waals surface area contributed by atoms with E-state index in [1.807, 2.05) is 0 Å². The smallest absolute Gasteiger partial charge is 0.226 e. The molecule has 0 aromatic carbocycles. The zero-order valence-electron chi connectivity index (χ0n) is 10.6. The lowest BCUT2D eigenvalue weighted by atomic mass is 9.88. The van der Waals surface area contributed by atoms with Crippen LogP contribution in [0.4, 0.5) is 0 Å². The van der Waals surface area contributed by atoms with Crippen molar-refractivity contribution in [3.8, 4) is 0 Å². The molecule has 17 heavy (non-hydrogen) atoms. The van der Waals surface area contributed by atoms with Crippen molar-refractivity contribution in [1.82, 2.24) is 10.2 Å². The Morgan fingerprint density at radius 2 is 2.24 bits per heavy atom. The molecule has 0 radical (unpaired) electrons. The van der Waals surface area contributed by atoms with Gasteiger partial charge in [0.2, 0.25) is 5.91 Å². The van der Waals surface area contributed by atoms with Gasteiger partial charge in [0.15, 0.2) is 0 Å². The average Bonchev–Trinajstić information content (AvgIpc) is 2.74. The van der Waals surface area contributed by atoms with Crippen LogP contribution >= 0.6 is 0 Å². The highest BCUT2D eigenvalue weighted by molar-refractivity contribution is 5.79. The first-order valence-corrected chi connectivity index (χ1v) is 6.34. The molecule has 2 unspecified atom stereocenters. The first kappa shape index (κ1) is 12.8. The Morgan fingerprint density at radius 3 is 2.82 bits per heavy atom. The van der Waals surface area contributed by atoms with Gasteiger partial charge in [-0.15, -0.1) is 0 Å². The Hall–Kier alpha value is -0.650. The van der Waals surface area contributed by atoms with Crippen molar-refractivity contribution in [2.75, 3.05) is 33.4 Å². The van der Waals surface area contributed by atoms with Crippen molar-refractivity contribution in [2.45, 2.75) is 25.5 Å². The second-order valence-electron chi connectivity index (χ2n) is 5.19. The van der Waals surface area contributed by atoms with Crippen molar-refractivity contribution in [3.05, 3.63) is 0 Å². The average molecular weight is 242 g/mol. The number of aliphatic hydroxyl groups excluding tert-OH is 1. The summed E-state index contributed by atoms with van der Waals surface area (Å²) >= 11 is 0. The fourth-order valence-corrected chi connectivity index (χ4v) is 2.72. The van der Waals surface area contributed by atoms with Crippen LogP contribution in [0.5, 0.6) is 0 Å². The maximum absolute atomic E-state index is 12.4. The number of carbonyl (C=O) groups excluding carboxylic acids is 1. The lowest BCUT2D eigenvalue weighted by Gasteiger charge is -2.34. The largest absolute Gasteiger partial charge is 0.390 e. The molecular weight excluding hydrogens is 220 g/mol. The van der Waals surface area contributed by atoms with E-state index in [2.05, 4.69) is 12.2 Å². The van der Waals surface area contributed by atoms with Crippen LogP contribution in [0.15, 0.2) is 0 Å². The third-order valence-electron chi connectivity index (χ3n) is 3.95. The van der Waals surface area contributed by atoms with E-state index < -0.39 is 6.10 Å². The van der Waals surface area contributed by atoms with E-state index in [1.54, 1.807) is 11.9 Å². The standard InChI is InChI=1S/C12H22N2O3/c1-8-7-17-4-3-9(8)12(16)14(2)10-5-13-6-11(10)15/h8-11,13,15H,3-7H2,1-2H3/t8?,9?,10-,11-/m0/s1. The van der Waals surface area contributed by atoms with Gasteiger partial charge in [-0.25, -0.2) is 0 Å². The molecule has 2 heterocycles. The minimum Gasteiger partial charge on any atom is -0.390 e. The Bertz CT molecular complexity index is 285. The molecule has 0 bridgehead atoms. The van der Waals surface area contributed by atoms with Gasteiger partial charge in [-0.2, -0.15) is 0 Å². The van der Waals surface area contributed by atoms with Crippen LogP contribution < -0.4 is 5.32 Å². The van der Waals surface area contributed by atoms with E-state index in [0.717, 1.165) is 6.42 Å². The molecule has 0 aromatic heterocycles. The number of rotatable bonds is 2. The number of nitrogens with one attached hydrogen (secondary N) is 1. The number of hydrogen-bond donors (Lipinski definition) is 2. The van der Waals surface area contributed by atoms with Gasteiger partial charge >= 0.3 is 0 Å². The Balaban J connectivity index is 1.98. The first-order valence-electron chi connectivity index (χ1n) is 6.34. The third kappa shape index (κ3) is 2.61. The zero-order chi connectivity index (χ0) is 12.4. The van der Waals surface area contributed by atoms with E-state index in [-0.39, 0.29) is 23.8 Å². The summed E-state index contributed by atoms with van der Waals surface area (Å²) in [6.45, 7) is 4.64. The van der Waals surface area contributed by atoms with E-state index in [4.69, 9.17) is 4.74 Å². The van der Waals surface area contributed by atoms with Crippen LogP contribution in [-0.2, 0) is 9.53 Å². The molecule has 2 saturated heterocycles. The minimum atomic E-state index is -0.445. The highest BCUT2D eigenvalue weighted by Gasteiger charge is 2.36. The summed E-state index contributed by atoms with van der Waals surface area (Å²) in [6, 6.07) is -0.0856. The molecule has 4 atom stereocenters. The highest BCUT2D eigenvalue weighted by atomic mass is 16.5. The highest BCUT2D eigenvalue weighted by Crippen LogP contribution is 2.24. The molecule has 2 rings (SSSR count). The monoisotopic (exact) mass is 242 g/mol. The van der Waals surface area contributed by atoms with Crippen LogP contribution in [0, 0.1) is 11.8 Å².